The molecule has 1 aliphatic heterocycles. The molecule has 1 heterocycles. The summed E-state index contributed by atoms with van der Waals surface area (Å²) in [6, 6.07) is 8.26. The van der Waals surface area contributed by atoms with Gasteiger partial charge in [0.25, 0.3) is 0 Å². The highest BCUT2D eigenvalue weighted by Gasteiger charge is 2.10. The molecule has 1 unspecified atom stereocenters. The van der Waals surface area contributed by atoms with Gasteiger partial charge in [-0.3, -0.25) is 4.90 Å². The third kappa shape index (κ3) is 9.82. The first-order valence-corrected chi connectivity index (χ1v) is 11.8. The number of hydrogen-bond acceptors (Lipinski definition) is 4. The van der Waals surface area contributed by atoms with Crippen molar-refractivity contribution in [1.29, 1.82) is 0 Å². The maximum absolute atomic E-state index is 5.68. The van der Waals surface area contributed by atoms with Gasteiger partial charge in [0.1, 0.15) is 18.1 Å². The Morgan fingerprint density at radius 3 is 2.30 bits per heavy atom. The molecule has 0 radical (unpaired) electrons. The molecule has 1 aliphatic carbocycles. The van der Waals surface area contributed by atoms with E-state index in [1.165, 1.54) is 31.5 Å². The van der Waals surface area contributed by atoms with Crippen molar-refractivity contribution in [2.24, 2.45) is 5.92 Å². The zero-order chi connectivity index (χ0) is 21.6. The van der Waals surface area contributed by atoms with E-state index in [9.17, 15) is 0 Å². The molecule has 0 amide bonds. The van der Waals surface area contributed by atoms with Gasteiger partial charge in [-0.2, -0.15) is 0 Å². The predicted octanol–water partition coefficient (Wildman–Crippen LogP) is 5.29. The number of hydrogen-bond donors (Lipinski definition) is 0. The Kier molecular flexibility index (Phi) is 11.6. The lowest BCUT2D eigenvalue weighted by Gasteiger charge is -2.17. The second-order valence-electron chi connectivity index (χ2n) is 8.23. The van der Waals surface area contributed by atoms with Gasteiger partial charge in [0.15, 0.2) is 0 Å². The largest absolute Gasteiger partial charge is 0.494 e. The van der Waals surface area contributed by atoms with Gasteiger partial charge in [-0.1, -0.05) is 44.5 Å². The van der Waals surface area contributed by atoms with Gasteiger partial charge in [0.05, 0.1) is 6.61 Å². The van der Waals surface area contributed by atoms with Gasteiger partial charge >= 0.3 is 0 Å². The van der Waals surface area contributed by atoms with Crippen LogP contribution in [-0.4, -0.2) is 62.3 Å². The molecule has 0 saturated carbocycles. The monoisotopic (exact) mass is 414 g/mol. The summed E-state index contributed by atoms with van der Waals surface area (Å²) in [4.78, 5) is 4.89. The molecule has 0 spiro atoms. The molecular weight excluding hydrogens is 372 g/mol. The van der Waals surface area contributed by atoms with E-state index >= 15 is 0 Å². The molecule has 4 nitrogen and oxygen atoms in total. The lowest BCUT2D eigenvalue weighted by atomic mass is 10.2. The van der Waals surface area contributed by atoms with E-state index in [4.69, 9.17) is 9.47 Å². The summed E-state index contributed by atoms with van der Waals surface area (Å²) in [5, 5.41) is 0. The van der Waals surface area contributed by atoms with Gasteiger partial charge < -0.3 is 14.4 Å². The van der Waals surface area contributed by atoms with Crippen molar-refractivity contribution < 1.29 is 9.47 Å². The lowest BCUT2D eigenvalue weighted by Crippen LogP contribution is -2.25. The van der Waals surface area contributed by atoms with Crippen LogP contribution in [0.1, 0.15) is 45.6 Å². The molecule has 0 aromatic heterocycles. The van der Waals surface area contributed by atoms with Crippen molar-refractivity contribution in [3.8, 4) is 5.75 Å². The predicted molar refractivity (Wildman–Crippen MR) is 127 cm³/mol. The molecule has 4 heteroatoms. The summed E-state index contributed by atoms with van der Waals surface area (Å²) in [5.74, 6) is 2.57. The SMILES string of the molecule is CCN(CC)CCCOC1=CC(C)C=C1.Cc1ccc(OCCN2CCCC2)cc1. The third-order valence-corrected chi connectivity index (χ3v) is 5.67. The Morgan fingerprint density at radius 1 is 1.00 bits per heavy atom. The van der Waals surface area contributed by atoms with E-state index in [1.807, 2.05) is 12.1 Å². The number of ether oxygens (including phenoxy) is 2. The van der Waals surface area contributed by atoms with E-state index < -0.39 is 0 Å². The number of likely N-dealkylation sites (tertiary alicyclic amines) is 1. The summed E-state index contributed by atoms with van der Waals surface area (Å²) in [6.07, 6.45) is 10.2. The quantitative estimate of drug-likeness (QED) is 0.459. The Morgan fingerprint density at radius 2 is 1.70 bits per heavy atom. The molecule has 0 N–H and O–H groups in total. The highest BCUT2D eigenvalue weighted by Crippen LogP contribution is 2.16. The maximum Gasteiger partial charge on any atom is 0.119 e. The van der Waals surface area contributed by atoms with Crippen LogP contribution in [0.2, 0.25) is 0 Å². The number of nitrogens with zero attached hydrogens (tertiary/aromatic N) is 2. The molecular formula is C26H42N2O2. The minimum absolute atomic E-state index is 0.544. The van der Waals surface area contributed by atoms with Gasteiger partial charge in [-0.25, -0.2) is 0 Å². The van der Waals surface area contributed by atoms with Gasteiger partial charge in [0, 0.05) is 13.1 Å². The topological polar surface area (TPSA) is 24.9 Å². The summed E-state index contributed by atoms with van der Waals surface area (Å²) >= 11 is 0. The molecule has 1 fully saturated rings. The fourth-order valence-corrected chi connectivity index (χ4v) is 3.66. The minimum Gasteiger partial charge on any atom is -0.494 e. The Balaban J connectivity index is 0.000000214. The minimum atomic E-state index is 0.544. The van der Waals surface area contributed by atoms with Crippen LogP contribution >= 0.6 is 0 Å². The fourth-order valence-electron chi connectivity index (χ4n) is 3.66. The van der Waals surface area contributed by atoms with Crippen LogP contribution in [0.15, 0.2) is 48.3 Å². The smallest absolute Gasteiger partial charge is 0.119 e. The molecule has 30 heavy (non-hydrogen) atoms. The van der Waals surface area contributed by atoms with Crippen LogP contribution in [0.25, 0.3) is 0 Å². The third-order valence-electron chi connectivity index (χ3n) is 5.67. The fraction of sp³-hybridized carbons (Fsp3) is 0.615. The van der Waals surface area contributed by atoms with Crippen LogP contribution in [0, 0.1) is 12.8 Å². The summed E-state index contributed by atoms with van der Waals surface area (Å²) in [7, 11) is 0. The number of aryl methyl sites for hydroxylation is 1. The first-order valence-electron chi connectivity index (χ1n) is 11.8. The highest BCUT2D eigenvalue weighted by molar-refractivity contribution is 5.26. The van der Waals surface area contributed by atoms with Crippen LogP contribution < -0.4 is 4.74 Å². The van der Waals surface area contributed by atoms with Crippen LogP contribution in [0.5, 0.6) is 5.75 Å². The van der Waals surface area contributed by atoms with E-state index in [0.717, 1.165) is 57.3 Å². The average Bonchev–Trinajstić information content (AvgIpc) is 3.42. The van der Waals surface area contributed by atoms with Crippen molar-refractivity contribution in [3.63, 3.8) is 0 Å². The first kappa shape index (κ1) is 24.5. The number of benzene rings is 1. The van der Waals surface area contributed by atoms with Crippen molar-refractivity contribution >= 4 is 0 Å². The molecule has 3 rings (SSSR count). The summed E-state index contributed by atoms with van der Waals surface area (Å²) in [6.45, 7) is 17.3. The van der Waals surface area contributed by atoms with E-state index in [2.05, 4.69) is 67.9 Å². The van der Waals surface area contributed by atoms with Crippen molar-refractivity contribution in [1.82, 2.24) is 9.80 Å². The normalized spacial score (nSPS) is 18.3. The molecule has 1 saturated heterocycles. The second kappa shape index (κ2) is 14.3. The molecule has 0 bridgehead atoms. The van der Waals surface area contributed by atoms with Gasteiger partial charge in [-0.05, 0) is 82.6 Å². The van der Waals surface area contributed by atoms with Gasteiger partial charge in [-0.15, -0.1) is 0 Å². The van der Waals surface area contributed by atoms with E-state index in [0.29, 0.717) is 5.92 Å². The molecule has 1 aromatic carbocycles. The molecule has 168 valence electrons. The Hall–Kier alpha value is -1.78. The summed E-state index contributed by atoms with van der Waals surface area (Å²) in [5.41, 5.74) is 1.28. The number of rotatable bonds is 11. The molecule has 2 aliphatic rings. The van der Waals surface area contributed by atoms with Crippen molar-refractivity contribution in [2.45, 2.75) is 47.0 Å². The second-order valence-corrected chi connectivity index (χ2v) is 8.23. The zero-order valence-electron chi connectivity index (χ0n) is 19.6. The standard InChI is InChI=1S/C13H19NO.C13H23NO/c1-12-4-6-13(7-5-12)15-11-10-14-8-2-3-9-14;1-4-14(5-2)9-6-10-15-13-8-7-12(3)11-13/h4-7H,2-3,8-11H2,1H3;7-8,11-12H,4-6,9-10H2,1-3H3. The van der Waals surface area contributed by atoms with Crippen molar-refractivity contribution in [3.05, 3.63) is 53.8 Å². The van der Waals surface area contributed by atoms with E-state index in [-0.39, 0.29) is 0 Å². The Labute approximate surface area is 184 Å². The van der Waals surface area contributed by atoms with Crippen LogP contribution in [0.3, 0.4) is 0 Å². The highest BCUT2D eigenvalue weighted by atomic mass is 16.5. The van der Waals surface area contributed by atoms with Crippen LogP contribution in [0.4, 0.5) is 0 Å². The maximum atomic E-state index is 5.68. The average molecular weight is 415 g/mol. The van der Waals surface area contributed by atoms with Crippen molar-refractivity contribution in [2.75, 3.05) is 52.5 Å². The molecule has 1 aromatic rings. The zero-order valence-corrected chi connectivity index (χ0v) is 19.6. The van der Waals surface area contributed by atoms with E-state index in [1.54, 1.807) is 0 Å². The van der Waals surface area contributed by atoms with Crippen LogP contribution in [-0.2, 0) is 4.74 Å². The number of allylic oxidation sites excluding steroid dienone is 3. The van der Waals surface area contributed by atoms with Gasteiger partial charge in [0.2, 0.25) is 0 Å². The lowest BCUT2D eigenvalue weighted by molar-refractivity contribution is 0.195. The Bertz CT molecular complexity index is 629. The molecule has 1 atom stereocenters. The summed E-state index contributed by atoms with van der Waals surface area (Å²) < 4.78 is 11.3. The first-order chi connectivity index (χ1) is 14.6.